The summed E-state index contributed by atoms with van der Waals surface area (Å²) >= 11 is 1.76. The van der Waals surface area contributed by atoms with Crippen molar-refractivity contribution in [3.05, 3.63) is 0 Å². The lowest BCUT2D eigenvalue weighted by Gasteiger charge is -2.20. The molecule has 1 amide bonds. The van der Waals surface area contributed by atoms with E-state index in [2.05, 4.69) is 29.5 Å². The molecule has 5 heteroatoms. The predicted molar refractivity (Wildman–Crippen MR) is 79.0 cm³/mol. The summed E-state index contributed by atoms with van der Waals surface area (Å²) in [5, 5.41) is 7.10. The third kappa shape index (κ3) is 4.52. The van der Waals surface area contributed by atoms with E-state index in [1.54, 1.807) is 18.8 Å². The highest BCUT2D eigenvalue weighted by Crippen LogP contribution is 2.21. The molecule has 1 aliphatic heterocycles. The number of amidine groups is 1. The number of nitrogens with zero attached hydrogens (tertiary/aromatic N) is 1. The van der Waals surface area contributed by atoms with Crippen LogP contribution in [0, 0.1) is 11.3 Å². The van der Waals surface area contributed by atoms with Crippen molar-refractivity contribution in [2.75, 3.05) is 19.3 Å². The lowest BCUT2D eigenvalue weighted by atomic mass is 9.93. The molecule has 2 N–H and O–H groups in total. The molecule has 104 valence electrons. The molecule has 0 aromatic rings. The van der Waals surface area contributed by atoms with Crippen LogP contribution in [0.2, 0.25) is 0 Å². The van der Waals surface area contributed by atoms with E-state index < -0.39 is 5.41 Å². The highest BCUT2D eigenvalue weighted by molar-refractivity contribution is 8.14. The summed E-state index contributed by atoms with van der Waals surface area (Å²) in [5.41, 5.74) is -0.444. The smallest absolute Gasteiger partial charge is 0.227 e. The molecule has 1 atom stereocenters. The molecule has 0 aromatic heterocycles. The van der Waals surface area contributed by atoms with Crippen LogP contribution < -0.4 is 10.6 Å². The number of nitrogens with one attached hydrogen (secondary N) is 2. The maximum absolute atomic E-state index is 11.6. The summed E-state index contributed by atoms with van der Waals surface area (Å²) in [5.74, 6) is 1.82. The van der Waals surface area contributed by atoms with E-state index in [4.69, 9.17) is 0 Å². The van der Waals surface area contributed by atoms with Crippen molar-refractivity contribution >= 4 is 22.8 Å². The Labute approximate surface area is 114 Å². The Bertz CT molecular complexity index is 326. The fourth-order valence-electron chi connectivity index (χ4n) is 1.90. The Balaban J connectivity index is 2.47. The summed E-state index contributed by atoms with van der Waals surface area (Å²) in [6.07, 6.45) is 1.17. The zero-order valence-electron chi connectivity index (χ0n) is 12.0. The van der Waals surface area contributed by atoms with Gasteiger partial charge in [0, 0.05) is 18.8 Å². The maximum Gasteiger partial charge on any atom is 0.227 e. The molecular formula is C13H25N3OS. The van der Waals surface area contributed by atoms with Crippen LogP contribution in [0.25, 0.3) is 0 Å². The first-order valence-corrected chi connectivity index (χ1v) is 7.49. The van der Waals surface area contributed by atoms with Crippen LogP contribution in [0.5, 0.6) is 0 Å². The van der Waals surface area contributed by atoms with Crippen molar-refractivity contribution < 1.29 is 4.79 Å². The summed E-state index contributed by atoms with van der Waals surface area (Å²) in [6.45, 7) is 8.82. The first-order chi connectivity index (χ1) is 8.35. The molecule has 1 saturated heterocycles. The van der Waals surface area contributed by atoms with Crippen molar-refractivity contribution in [3.63, 3.8) is 0 Å². The van der Waals surface area contributed by atoms with Gasteiger partial charge in [0.25, 0.3) is 0 Å². The van der Waals surface area contributed by atoms with Crippen molar-refractivity contribution in [2.45, 2.75) is 40.2 Å². The molecule has 0 aliphatic carbocycles. The van der Waals surface area contributed by atoms with Crippen LogP contribution in [0.4, 0.5) is 0 Å². The molecule has 0 saturated carbocycles. The van der Waals surface area contributed by atoms with Gasteiger partial charge in [0.15, 0.2) is 5.17 Å². The van der Waals surface area contributed by atoms with Crippen LogP contribution in [0.15, 0.2) is 4.99 Å². The van der Waals surface area contributed by atoms with Gasteiger partial charge in [-0.05, 0) is 26.2 Å². The second-order valence-electron chi connectivity index (χ2n) is 5.87. The van der Waals surface area contributed by atoms with Gasteiger partial charge in [-0.2, -0.15) is 0 Å². The highest BCUT2D eigenvalue weighted by atomic mass is 32.2. The van der Waals surface area contributed by atoms with E-state index in [-0.39, 0.29) is 5.91 Å². The standard InChI is InChI=1S/C13H25N3OS/c1-9(2)6-10-7-18-12(16-10)15-8-13(3,4)11(17)14-5/h9-10H,6-8H2,1-5H3,(H,14,17)(H,15,16). The van der Waals surface area contributed by atoms with Gasteiger partial charge in [0.1, 0.15) is 0 Å². The van der Waals surface area contributed by atoms with Crippen molar-refractivity contribution in [1.29, 1.82) is 0 Å². The molecule has 18 heavy (non-hydrogen) atoms. The molecule has 1 heterocycles. The molecule has 0 bridgehead atoms. The summed E-state index contributed by atoms with van der Waals surface area (Å²) in [6, 6.07) is 0.525. The topological polar surface area (TPSA) is 53.5 Å². The number of aliphatic imine (C=N–C) groups is 1. The van der Waals surface area contributed by atoms with Gasteiger partial charge in [-0.3, -0.25) is 9.79 Å². The van der Waals surface area contributed by atoms with E-state index in [1.165, 1.54) is 6.42 Å². The van der Waals surface area contributed by atoms with E-state index in [0.29, 0.717) is 18.5 Å². The fourth-order valence-corrected chi connectivity index (χ4v) is 2.89. The molecule has 1 rings (SSSR count). The van der Waals surface area contributed by atoms with E-state index in [9.17, 15) is 4.79 Å². The lowest BCUT2D eigenvalue weighted by Crippen LogP contribution is -2.37. The molecule has 0 aromatic carbocycles. The summed E-state index contributed by atoms with van der Waals surface area (Å²) in [7, 11) is 1.67. The molecular weight excluding hydrogens is 246 g/mol. The van der Waals surface area contributed by atoms with E-state index in [1.807, 2.05) is 13.8 Å². The number of rotatable bonds is 5. The fraction of sp³-hybridized carbons (Fsp3) is 0.846. The van der Waals surface area contributed by atoms with Gasteiger partial charge >= 0.3 is 0 Å². The minimum Gasteiger partial charge on any atom is -0.361 e. The number of carbonyl (C=O) groups excluding carboxylic acids is 1. The molecule has 0 spiro atoms. The minimum absolute atomic E-state index is 0.0357. The molecule has 4 nitrogen and oxygen atoms in total. The highest BCUT2D eigenvalue weighted by Gasteiger charge is 2.27. The molecule has 1 unspecified atom stereocenters. The second-order valence-corrected chi connectivity index (χ2v) is 6.87. The second kappa shape index (κ2) is 6.45. The predicted octanol–water partition coefficient (Wildman–Crippen LogP) is 1.87. The van der Waals surface area contributed by atoms with Crippen molar-refractivity contribution in [1.82, 2.24) is 10.6 Å². The van der Waals surface area contributed by atoms with Crippen LogP contribution in [-0.2, 0) is 4.79 Å². The number of amides is 1. The van der Waals surface area contributed by atoms with Crippen LogP contribution in [0.3, 0.4) is 0 Å². The number of hydrogen-bond donors (Lipinski definition) is 2. The Kier molecular flexibility index (Phi) is 5.50. The third-order valence-corrected chi connectivity index (χ3v) is 4.05. The summed E-state index contributed by atoms with van der Waals surface area (Å²) in [4.78, 5) is 16.2. The largest absolute Gasteiger partial charge is 0.361 e. The Morgan fingerprint density at radius 1 is 1.61 bits per heavy atom. The normalized spacial score (nSPS) is 22.3. The quantitative estimate of drug-likeness (QED) is 0.802. The van der Waals surface area contributed by atoms with Gasteiger partial charge in [0.2, 0.25) is 5.91 Å². The molecule has 1 aliphatic rings. The van der Waals surface area contributed by atoms with Crippen molar-refractivity contribution in [2.24, 2.45) is 16.3 Å². The maximum atomic E-state index is 11.6. The lowest BCUT2D eigenvalue weighted by molar-refractivity contribution is -0.128. The monoisotopic (exact) mass is 271 g/mol. The molecule has 1 fully saturated rings. The Morgan fingerprint density at radius 3 is 2.83 bits per heavy atom. The molecule has 0 radical (unpaired) electrons. The number of hydrogen-bond acceptors (Lipinski definition) is 3. The SMILES string of the molecule is CNC(=O)C(C)(C)CN=C1NC(CC(C)C)CS1. The first kappa shape index (κ1) is 15.3. The van der Waals surface area contributed by atoms with Gasteiger partial charge < -0.3 is 10.6 Å². The zero-order valence-corrected chi connectivity index (χ0v) is 12.9. The average molecular weight is 271 g/mol. The first-order valence-electron chi connectivity index (χ1n) is 6.51. The van der Waals surface area contributed by atoms with Crippen molar-refractivity contribution in [3.8, 4) is 0 Å². The van der Waals surface area contributed by atoms with Gasteiger partial charge in [-0.15, -0.1) is 0 Å². The average Bonchev–Trinajstić information content (AvgIpc) is 2.72. The van der Waals surface area contributed by atoms with Gasteiger partial charge in [0.05, 0.1) is 12.0 Å². The van der Waals surface area contributed by atoms with Gasteiger partial charge in [-0.25, -0.2) is 0 Å². The van der Waals surface area contributed by atoms with Gasteiger partial charge in [-0.1, -0.05) is 25.6 Å². The van der Waals surface area contributed by atoms with Crippen LogP contribution in [-0.4, -0.2) is 36.5 Å². The zero-order chi connectivity index (χ0) is 13.8. The number of thioether (sulfide) groups is 1. The van der Waals surface area contributed by atoms with Crippen LogP contribution in [0.1, 0.15) is 34.1 Å². The summed E-state index contributed by atoms with van der Waals surface area (Å²) < 4.78 is 0. The minimum atomic E-state index is -0.444. The van der Waals surface area contributed by atoms with E-state index >= 15 is 0 Å². The Hall–Kier alpha value is -0.710. The van der Waals surface area contributed by atoms with E-state index in [0.717, 1.165) is 10.9 Å². The third-order valence-electron chi connectivity index (χ3n) is 2.96. The number of carbonyl (C=O) groups is 1. The Morgan fingerprint density at radius 2 is 2.28 bits per heavy atom. The van der Waals surface area contributed by atoms with Crippen LogP contribution >= 0.6 is 11.8 Å².